The predicted molar refractivity (Wildman–Crippen MR) is 79.2 cm³/mol. The highest BCUT2D eigenvalue weighted by molar-refractivity contribution is 5.96. The second kappa shape index (κ2) is 6.54. The van der Waals surface area contributed by atoms with Gasteiger partial charge in [0.1, 0.15) is 0 Å². The van der Waals surface area contributed by atoms with Crippen LogP contribution in [0.15, 0.2) is 24.3 Å². The topological polar surface area (TPSA) is 66.8 Å². The third-order valence-corrected chi connectivity index (χ3v) is 3.68. The molecule has 1 N–H and O–H groups in total. The number of ether oxygens (including phenoxy) is 1. The molecule has 1 aromatic carbocycles. The first-order valence-electron chi connectivity index (χ1n) is 6.85. The molecule has 0 spiro atoms. The molecule has 0 radical (unpaired) electrons. The molecule has 112 valence electrons. The Morgan fingerprint density at radius 2 is 2.19 bits per heavy atom. The van der Waals surface area contributed by atoms with E-state index < -0.39 is 5.97 Å². The van der Waals surface area contributed by atoms with Crippen LogP contribution in [0, 0.1) is 6.92 Å². The average molecular weight is 289 g/mol. The molecule has 0 saturated carbocycles. The summed E-state index contributed by atoms with van der Waals surface area (Å²) in [5.41, 5.74) is 2.16. The lowest BCUT2D eigenvalue weighted by molar-refractivity contribution is -0.131. The largest absolute Gasteiger partial charge is 0.478 e. The number of hydrogen-bond acceptors (Lipinski definition) is 3. The Kier molecular flexibility index (Phi) is 4.75. The van der Waals surface area contributed by atoms with Gasteiger partial charge in [-0.1, -0.05) is 12.1 Å². The summed E-state index contributed by atoms with van der Waals surface area (Å²) in [6, 6.07) is 5.46. The van der Waals surface area contributed by atoms with E-state index in [4.69, 9.17) is 9.84 Å². The number of aryl methyl sites for hydroxylation is 1. The minimum Gasteiger partial charge on any atom is -0.478 e. The van der Waals surface area contributed by atoms with Crippen LogP contribution in [-0.2, 0) is 9.53 Å². The maximum absolute atomic E-state index is 12.6. The summed E-state index contributed by atoms with van der Waals surface area (Å²) in [6.45, 7) is 3.12. The molecule has 1 atom stereocenters. The van der Waals surface area contributed by atoms with Gasteiger partial charge in [-0.2, -0.15) is 0 Å². The Labute approximate surface area is 123 Å². The fourth-order valence-corrected chi connectivity index (χ4v) is 2.32. The van der Waals surface area contributed by atoms with Gasteiger partial charge in [-0.05, 0) is 36.6 Å². The molecular formula is C16H19NO4. The highest BCUT2D eigenvalue weighted by Gasteiger charge is 2.25. The Morgan fingerprint density at radius 3 is 2.81 bits per heavy atom. The Bertz CT molecular complexity index is 574. The fourth-order valence-electron chi connectivity index (χ4n) is 2.32. The summed E-state index contributed by atoms with van der Waals surface area (Å²) in [5.74, 6) is -1.07. The van der Waals surface area contributed by atoms with Crippen LogP contribution in [0.2, 0.25) is 0 Å². The van der Waals surface area contributed by atoms with Crippen molar-refractivity contribution in [2.75, 3.05) is 20.3 Å². The van der Waals surface area contributed by atoms with E-state index in [0.717, 1.165) is 18.1 Å². The molecule has 1 aliphatic rings. The van der Waals surface area contributed by atoms with Crippen LogP contribution in [0.4, 0.5) is 0 Å². The molecule has 5 nitrogen and oxygen atoms in total. The quantitative estimate of drug-likeness (QED) is 0.860. The Balaban J connectivity index is 2.23. The maximum Gasteiger partial charge on any atom is 0.328 e. The maximum atomic E-state index is 12.6. The van der Waals surface area contributed by atoms with E-state index in [0.29, 0.717) is 24.3 Å². The number of likely N-dealkylation sites (N-methyl/N-ethyl adjacent to an activating group) is 1. The first-order chi connectivity index (χ1) is 9.99. The number of amides is 1. The fraction of sp³-hybridized carbons (Fsp3) is 0.375. The van der Waals surface area contributed by atoms with Crippen molar-refractivity contribution in [2.24, 2.45) is 0 Å². The molecular weight excluding hydrogens is 270 g/mol. The van der Waals surface area contributed by atoms with Crippen molar-refractivity contribution in [2.45, 2.75) is 19.4 Å². The van der Waals surface area contributed by atoms with E-state index in [1.165, 1.54) is 6.08 Å². The number of benzene rings is 1. The lowest BCUT2D eigenvalue weighted by Gasteiger charge is -2.24. The normalized spacial score (nSPS) is 18.1. The van der Waals surface area contributed by atoms with Gasteiger partial charge in [-0.15, -0.1) is 0 Å². The van der Waals surface area contributed by atoms with Crippen LogP contribution in [0.3, 0.4) is 0 Å². The zero-order valence-corrected chi connectivity index (χ0v) is 12.2. The van der Waals surface area contributed by atoms with Crippen LogP contribution in [0.1, 0.15) is 27.9 Å². The van der Waals surface area contributed by atoms with Crippen molar-refractivity contribution in [3.05, 3.63) is 41.0 Å². The first-order valence-corrected chi connectivity index (χ1v) is 6.85. The monoisotopic (exact) mass is 289 g/mol. The number of carbonyl (C=O) groups excluding carboxylic acids is 1. The molecule has 21 heavy (non-hydrogen) atoms. The van der Waals surface area contributed by atoms with Crippen molar-refractivity contribution < 1.29 is 19.4 Å². The van der Waals surface area contributed by atoms with Gasteiger partial charge in [0.05, 0.1) is 12.6 Å². The van der Waals surface area contributed by atoms with Crippen molar-refractivity contribution in [3.63, 3.8) is 0 Å². The molecule has 1 saturated heterocycles. The van der Waals surface area contributed by atoms with E-state index in [-0.39, 0.29) is 11.9 Å². The highest BCUT2D eigenvalue weighted by Crippen LogP contribution is 2.18. The van der Waals surface area contributed by atoms with E-state index in [2.05, 4.69) is 0 Å². The molecule has 1 heterocycles. The third-order valence-electron chi connectivity index (χ3n) is 3.68. The molecule has 1 fully saturated rings. The Morgan fingerprint density at radius 1 is 1.43 bits per heavy atom. The van der Waals surface area contributed by atoms with E-state index >= 15 is 0 Å². The second-order valence-electron chi connectivity index (χ2n) is 5.18. The Hall–Kier alpha value is -2.14. The summed E-state index contributed by atoms with van der Waals surface area (Å²) in [6.07, 6.45) is 3.39. The summed E-state index contributed by atoms with van der Waals surface area (Å²) in [4.78, 5) is 24.8. The number of nitrogens with zero attached hydrogens (tertiary/aromatic N) is 1. The lowest BCUT2D eigenvalue weighted by Crippen LogP contribution is -2.37. The summed E-state index contributed by atoms with van der Waals surface area (Å²) in [5, 5.41) is 8.66. The van der Waals surface area contributed by atoms with Gasteiger partial charge >= 0.3 is 5.97 Å². The number of rotatable bonds is 4. The minimum absolute atomic E-state index is 0.0615. The highest BCUT2D eigenvalue weighted by atomic mass is 16.5. The lowest BCUT2D eigenvalue weighted by atomic mass is 10.0. The zero-order valence-electron chi connectivity index (χ0n) is 12.2. The summed E-state index contributed by atoms with van der Waals surface area (Å²) >= 11 is 0. The average Bonchev–Trinajstić information content (AvgIpc) is 2.99. The standard InChI is InChI=1S/C16H19NO4/c1-11-3-4-12(5-6-15(18)19)9-14(11)16(20)17(2)13-7-8-21-10-13/h3-6,9,13H,7-8,10H2,1-2H3,(H,18,19)/b6-5+. The van der Waals surface area contributed by atoms with E-state index in [1.807, 2.05) is 13.0 Å². The van der Waals surface area contributed by atoms with Gasteiger partial charge in [0.2, 0.25) is 0 Å². The molecule has 1 unspecified atom stereocenters. The molecule has 0 aromatic heterocycles. The van der Waals surface area contributed by atoms with Crippen molar-refractivity contribution in [3.8, 4) is 0 Å². The third kappa shape index (κ3) is 3.70. The molecule has 0 bridgehead atoms. The summed E-state index contributed by atoms with van der Waals surface area (Å²) in [7, 11) is 1.78. The number of carbonyl (C=O) groups is 2. The van der Waals surface area contributed by atoms with Gasteiger partial charge in [0.15, 0.2) is 0 Å². The van der Waals surface area contributed by atoms with Crippen molar-refractivity contribution in [1.29, 1.82) is 0 Å². The van der Waals surface area contributed by atoms with Crippen LogP contribution < -0.4 is 0 Å². The molecule has 1 aliphatic heterocycles. The molecule has 1 aromatic rings. The number of hydrogen-bond donors (Lipinski definition) is 1. The van der Waals surface area contributed by atoms with Gasteiger partial charge in [0.25, 0.3) is 5.91 Å². The first kappa shape index (κ1) is 15.3. The van der Waals surface area contributed by atoms with E-state index in [9.17, 15) is 9.59 Å². The molecule has 1 amide bonds. The number of aliphatic carboxylic acids is 1. The van der Waals surface area contributed by atoms with Crippen LogP contribution in [-0.4, -0.2) is 48.2 Å². The minimum atomic E-state index is -1.01. The van der Waals surface area contributed by atoms with Gasteiger partial charge in [0, 0.05) is 25.3 Å². The molecule has 0 aliphatic carbocycles. The van der Waals surface area contributed by atoms with Gasteiger partial charge in [-0.3, -0.25) is 4.79 Å². The predicted octanol–water partition coefficient (Wildman–Crippen LogP) is 1.95. The van der Waals surface area contributed by atoms with Crippen LogP contribution in [0.25, 0.3) is 6.08 Å². The SMILES string of the molecule is Cc1ccc(/C=C/C(=O)O)cc1C(=O)N(C)C1CCOC1. The smallest absolute Gasteiger partial charge is 0.328 e. The van der Waals surface area contributed by atoms with Crippen molar-refractivity contribution in [1.82, 2.24) is 4.90 Å². The molecule has 5 heteroatoms. The number of carboxylic acid groups (broad SMARTS) is 1. The summed E-state index contributed by atoms with van der Waals surface area (Å²) < 4.78 is 5.31. The van der Waals surface area contributed by atoms with Crippen LogP contribution >= 0.6 is 0 Å². The van der Waals surface area contributed by atoms with Crippen molar-refractivity contribution >= 4 is 18.0 Å². The van der Waals surface area contributed by atoms with Gasteiger partial charge < -0.3 is 14.7 Å². The van der Waals surface area contributed by atoms with E-state index in [1.54, 1.807) is 24.1 Å². The van der Waals surface area contributed by atoms with Crippen LogP contribution in [0.5, 0.6) is 0 Å². The zero-order chi connectivity index (χ0) is 15.4. The molecule has 2 rings (SSSR count). The van der Waals surface area contributed by atoms with Gasteiger partial charge in [-0.25, -0.2) is 4.79 Å². The second-order valence-corrected chi connectivity index (χ2v) is 5.18. The number of carboxylic acids is 1.